The summed E-state index contributed by atoms with van der Waals surface area (Å²) in [5, 5.41) is 4.30. The smallest absolute Gasteiger partial charge is 0.450 e. The number of halogens is 3. The molecule has 5 nitrogen and oxygen atoms in total. The van der Waals surface area contributed by atoms with Gasteiger partial charge < -0.3 is 15.4 Å². The van der Waals surface area contributed by atoms with Crippen molar-refractivity contribution in [2.45, 2.75) is 45.3 Å². The molecule has 0 aliphatic heterocycles. The minimum absolute atomic E-state index is 0.0871. The van der Waals surface area contributed by atoms with Crippen LogP contribution >= 0.6 is 0 Å². The van der Waals surface area contributed by atoms with Crippen molar-refractivity contribution in [2.75, 3.05) is 13.2 Å². The van der Waals surface area contributed by atoms with Gasteiger partial charge in [-0.2, -0.15) is 13.2 Å². The van der Waals surface area contributed by atoms with Crippen molar-refractivity contribution < 1.29 is 27.5 Å². The number of amides is 2. The van der Waals surface area contributed by atoms with Crippen LogP contribution in [0.5, 0.6) is 0 Å². The molecule has 0 spiro atoms. The van der Waals surface area contributed by atoms with E-state index in [9.17, 15) is 22.8 Å². The number of alkyl carbamates (subject to hydrolysis) is 1. The number of unbranched alkanes of at least 4 members (excludes halogenated alkanes) is 1. The Bertz CT molecular complexity index is 311. The van der Waals surface area contributed by atoms with Crippen molar-refractivity contribution in [3.63, 3.8) is 0 Å². The van der Waals surface area contributed by atoms with E-state index in [1.165, 1.54) is 0 Å². The van der Waals surface area contributed by atoms with Gasteiger partial charge in [-0.15, -0.1) is 0 Å². The Morgan fingerprint density at radius 2 is 1.68 bits per heavy atom. The van der Waals surface area contributed by atoms with Gasteiger partial charge >= 0.3 is 18.2 Å². The quantitative estimate of drug-likeness (QED) is 0.758. The molecular formula is C11H19F3N2O3. The van der Waals surface area contributed by atoms with Crippen LogP contribution in [0.15, 0.2) is 0 Å². The van der Waals surface area contributed by atoms with Crippen molar-refractivity contribution in [2.24, 2.45) is 0 Å². The first-order valence-electron chi connectivity index (χ1n) is 5.82. The predicted octanol–water partition coefficient (Wildman–Crippen LogP) is 1.97. The van der Waals surface area contributed by atoms with Crippen LogP contribution in [-0.4, -0.2) is 36.9 Å². The zero-order valence-electron chi connectivity index (χ0n) is 11.2. The molecule has 0 aromatic rings. The Morgan fingerprint density at radius 1 is 1.11 bits per heavy atom. The third-order valence-electron chi connectivity index (χ3n) is 1.82. The molecule has 0 aromatic carbocycles. The van der Waals surface area contributed by atoms with Crippen LogP contribution in [0.4, 0.5) is 18.0 Å². The predicted molar refractivity (Wildman–Crippen MR) is 62.5 cm³/mol. The molecule has 0 aliphatic carbocycles. The highest BCUT2D eigenvalue weighted by Gasteiger charge is 2.38. The summed E-state index contributed by atoms with van der Waals surface area (Å²) < 4.78 is 40.2. The standard InChI is InChI=1S/C11H19F3N2O3/c1-10(2,3)16-9(18)19-7-5-4-6-15-8(17)11(12,13)14/h4-7H2,1-3H3,(H,15,17)(H,16,18). The number of nitrogens with one attached hydrogen (secondary N) is 2. The Labute approximate surface area is 109 Å². The SMILES string of the molecule is CC(C)(C)NC(=O)OCCCCNC(=O)C(F)(F)F. The second-order valence-corrected chi connectivity index (χ2v) is 4.97. The Morgan fingerprint density at radius 3 is 2.16 bits per heavy atom. The summed E-state index contributed by atoms with van der Waals surface area (Å²) in [4.78, 5) is 21.6. The maximum Gasteiger partial charge on any atom is 0.471 e. The van der Waals surface area contributed by atoms with Crippen LogP contribution in [-0.2, 0) is 9.53 Å². The normalized spacial score (nSPS) is 11.9. The van der Waals surface area contributed by atoms with E-state index in [-0.39, 0.29) is 13.2 Å². The van der Waals surface area contributed by atoms with E-state index in [0.717, 1.165) is 0 Å². The summed E-state index contributed by atoms with van der Waals surface area (Å²) in [7, 11) is 0. The second kappa shape index (κ2) is 7.20. The fourth-order valence-corrected chi connectivity index (χ4v) is 1.04. The van der Waals surface area contributed by atoms with Gasteiger partial charge in [0.05, 0.1) is 6.61 Å². The Hall–Kier alpha value is -1.47. The van der Waals surface area contributed by atoms with Crippen LogP contribution < -0.4 is 10.6 Å². The minimum Gasteiger partial charge on any atom is -0.450 e. The summed E-state index contributed by atoms with van der Waals surface area (Å²) in [6.45, 7) is 5.36. The third kappa shape index (κ3) is 10.2. The van der Waals surface area contributed by atoms with Gasteiger partial charge in [0.1, 0.15) is 0 Å². The van der Waals surface area contributed by atoms with Gasteiger partial charge in [0.25, 0.3) is 0 Å². The van der Waals surface area contributed by atoms with E-state index in [4.69, 9.17) is 4.74 Å². The number of ether oxygens (including phenoxy) is 1. The highest BCUT2D eigenvalue weighted by Crippen LogP contribution is 2.13. The van der Waals surface area contributed by atoms with Gasteiger partial charge in [0.15, 0.2) is 0 Å². The average Bonchev–Trinajstić information content (AvgIpc) is 2.18. The first kappa shape index (κ1) is 17.5. The lowest BCUT2D eigenvalue weighted by Crippen LogP contribution is -2.41. The molecule has 0 unspecified atom stereocenters. The van der Waals surface area contributed by atoms with Crippen LogP contribution in [0.1, 0.15) is 33.6 Å². The van der Waals surface area contributed by atoms with Gasteiger partial charge in [-0.05, 0) is 33.6 Å². The van der Waals surface area contributed by atoms with Gasteiger partial charge in [-0.1, -0.05) is 0 Å². The lowest BCUT2D eigenvalue weighted by molar-refractivity contribution is -0.173. The van der Waals surface area contributed by atoms with Gasteiger partial charge in [0.2, 0.25) is 0 Å². The topological polar surface area (TPSA) is 67.4 Å². The zero-order valence-corrected chi connectivity index (χ0v) is 11.2. The number of alkyl halides is 3. The molecule has 8 heteroatoms. The number of rotatable bonds is 5. The van der Waals surface area contributed by atoms with E-state index in [1.807, 2.05) is 0 Å². The summed E-state index contributed by atoms with van der Waals surface area (Å²) >= 11 is 0. The maximum absolute atomic E-state index is 11.8. The molecule has 112 valence electrons. The van der Waals surface area contributed by atoms with Crippen LogP contribution in [0, 0.1) is 0 Å². The summed E-state index contributed by atoms with van der Waals surface area (Å²) in [5.41, 5.74) is -0.405. The molecule has 0 fully saturated rings. The highest BCUT2D eigenvalue weighted by atomic mass is 19.4. The maximum atomic E-state index is 11.8. The lowest BCUT2D eigenvalue weighted by Gasteiger charge is -2.19. The molecule has 19 heavy (non-hydrogen) atoms. The molecule has 0 saturated carbocycles. The minimum atomic E-state index is -4.86. The summed E-state index contributed by atoms with van der Waals surface area (Å²) in [5.74, 6) is -1.96. The summed E-state index contributed by atoms with van der Waals surface area (Å²) in [6.07, 6.45) is -4.77. The van der Waals surface area contributed by atoms with Gasteiger partial charge in [-0.3, -0.25) is 4.79 Å². The zero-order chi connectivity index (χ0) is 15.1. The first-order chi connectivity index (χ1) is 8.52. The Balaban J connectivity index is 3.57. The second-order valence-electron chi connectivity index (χ2n) is 4.97. The number of hydrogen-bond acceptors (Lipinski definition) is 3. The molecule has 0 bridgehead atoms. The van der Waals surface area contributed by atoms with E-state index < -0.39 is 23.7 Å². The molecule has 0 aromatic heterocycles. The van der Waals surface area contributed by atoms with Crippen molar-refractivity contribution in [3.8, 4) is 0 Å². The molecule has 2 amide bonds. The Kier molecular flexibility index (Phi) is 6.64. The van der Waals surface area contributed by atoms with E-state index in [2.05, 4.69) is 5.32 Å². The molecule has 0 heterocycles. The van der Waals surface area contributed by atoms with Crippen molar-refractivity contribution in [1.82, 2.24) is 10.6 Å². The largest absolute Gasteiger partial charge is 0.471 e. The molecule has 0 atom stereocenters. The third-order valence-corrected chi connectivity index (χ3v) is 1.82. The summed E-state index contributed by atoms with van der Waals surface area (Å²) in [6, 6.07) is 0. The fraction of sp³-hybridized carbons (Fsp3) is 0.818. The number of hydrogen-bond donors (Lipinski definition) is 2. The van der Waals surface area contributed by atoms with Gasteiger partial charge in [-0.25, -0.2) is 4.79 Å². The number of carbonyl (C=O) groups excluding carboxylic acids is 2. The average molecular weight is 284 g/mol. The van der Waals surface area contributed by atoms with Crippen molar-refractivity contribution in [1.29, 1.82) is 0 Å². The molecule has 0 saturated heterocycles. The highest BCUT2D eigenvalue weighted by molar-refractivity contribution is 5.81. The molecule has 0 aliphatic rings. The first-order valence-corrected chi connectivity index (χ1v) is 5.82. The molecule has 0 radical (unpaired) electrons. The van der Waals surface area contributed by atoms with Gasteiger partial charge in [0, 0.05) is 12.1 Å². The molecular weight excluding hydrogens is 265 g/mol. The lowest BCUT2D eigenvalue weighted by atomic mass is 10.1. The van der Waals surface area contributed by atoms with Crippen LogP contribution in [0.3, 0.4) is 0 Å². The van der Waals surface area contributed by atoms with Crippen molar-refractivity contribution >= 4 is 12.0 Å². The van der Waals surface area contributed by atoms with E-state index in [0.29, 0.717) is 12.8 Å². The monoisotopic (exact) mass is 284 g/mol. The fourth-order valence-electron chi connectivity index (χ4n) is 1.04. The van der Waals surface area contributed by atoms with Crippen molar-refractivity contribution in [3.05, 3.63) is 0 Å². The van der Waals surface area contributed by atoms with Crippen LogP contribution in [0.25, 0.3) is 0 Å². The van der Waals surface area contributed by atoms with Crippen LogP contribution in [0.2, 0.25) is 0 Å². The molecule has 0 rings (SSSR count). The van der Waals surface area contributed by atoms with E-state index >= 15 is 0 Å². The molecule has 2 N–H and O–H groups in total. The van der Waals surface area contributed by atoms with E-state index in [1.54, 1.807) is 26.1 Å². The number of carbonyl (C=O) groups is 2.